The maximum atomic E-state index is 12.8. The van der Waals surface area contributed by atoms with Gasteiger partial charge >= 0.3 is 11.8 Å². The standard InChI is InChI=1S/C33H33N3O5/c37-19-15-24-10-12-28-31(21-24)41-33(40)35(28)16-5-4-6-23-9-11-27(25-7-2-1-3-8-25)29(20-23)36(32(38)39)30-22-34-17-13-26(30)14-18-34/h1-4,6-12,19-21,26,30H,5,13-18,22H2,(H,38,39)/t30-/m0/s1. The van der Waals surface area contributed by atoms with Gasteiger partial charge in [0.25, 0.3) is 0 Å². The SMILES string of the molecule is O=CCc1ccc2c(c1)oc(=O)n2CCC=Cc1ccc(-c2ccccc2)c(N(C(=O)O)[C@H]2CN3CCC2CC3)c1. The van der Waals surface area contributed by atoms with Gasteiger partial charge < -0.3 is 19.2 Å². The maximum Gasteiger partial charge on any atom is 0.419 e. The van der Waals surface area contributed by atoms with Crippen molar-refractivity contribution in [2.75, 3.05) is 24.5 Å². The molecular formula is C33H33N3O5. The second-order valence-electron chi connectivity index (χ2n) is 10.9. The number of nitrogens with zero attached hydrogens (tertiary/aromatic N) is 3. The fourth-order valence-electron chi connectivity index (χ4n) is 6.33. The van der Waals surface area contributed by atoms with Crippen molar-refractivity contribution in [2.45, 2.75) is 38.3 Å². The third-order valence-corrected chi connectivity index (χ3v) is 8.41. The number of hydrogen-bond acceptors (Lipinski definition) is 5. The monoisotopic (exact) mass is 551 g/mol. The highest BCUT2D eigenvalue weighted by Crippen LogP contribution is 2.39. The number of aldehydes is 1. The van der Waals surface area contributed by atoms with Crippen LogP contribution in [0, 0.1) is 5.92 Å². The molecule has 2 bridgehead atoms. The summed E-state index contributed by atoms with van der Waals surface area (Å²) in [6.45, 7) is 3.27. The molecule has 8 nitrogen and oxygen atoms in total. The molecule has 1 atom stereocenters. The van der Waals surface area contributed by atoms with Crippen LogP contribution in [0.1, 0.15) is 30.4 Å². The second kappa shape index (κ2) is 11.6. The van der Waals surface area contributed by atoms with Crippen LogP contribution in [0.5, 0.6) is 0 Å². The summed E-state index contributed by atoms with van der Waals surface area (Å²) in [5, 5.41) is 10.5. The first-order valence-electron chi connectivity index (χ1n) is 14.2. The molecule has 3 aliphatic heterocycles. The lowest BCUT2D eigenvalue weighted by molar-refractivity contribution is -0.107. The highest BCUT2D eigenvalue weighted by atomic mass is 16.4. The van der Waals surface area contributed by atoms with Crippen molar-refractivity contribution in [3.05, 3.63) is 94.5 Å². The lowest BCUT2D eigenvalue weighted by Gasteiger charge is -2.48. The van der Waals surface area contributed by atoms with Crippen LogP contribution in [-0.2, 0) is 17.8 Å². The Bertz CT molecular complexity index is 1650. The Morgan fingerprint density at radius 1 is 1.05 bits per heavy atom. The quantitative estimate of drug-likeness (QED) is 0.269. The predicted molar refractivity (Wildman–Crippen MR) is 159 cm³/mol. The molecular weight excluding hydrogens is 518 g/mol. The van der Waals surface area contributed by atoms with Gasteiger partial charge in [0.05, 0.1) is 17.2 Å². The molecule has 3 aliphatic rings. The van der Waals surface area contributed by atoms with Gasteiger partial charge in [0.1, 0.15) is 6.29 Å². The van der Waals surface area contributed by atoms with Gasteiger partial charge in [-0.25, -0.2) is 9.59 Å². The molecule has 3 aromatic carbocycles. The molecule has 3 fully saturated rings. The predicted octanol–water partition coefficient (Wildman–Crippen LogP) is 5.69. The van der Waals surface area contributed by atoms with E-state index in [1.165, 1.54) is 0 Å². The average molecular weight is 552 g/mol. The Kier molecular flexibility index (Phi) is 7.57. The lowest BCUT2D eigenvalue weighted by atomic mass is 9.82. The van der Waals surface area contributed by atoms with E-state index in [0.29, 0.717) is 35.7 Å². The molecule has 7 rings (SSSR count). The van der Waals surface area contributed by atoms with Gasteiger partial charge in [-0.05, 0) is 73.2 Å². The molecule has 0 saturated carbocycles. The van der Waals surface area contributed by atoms with Gasteiger partial charge in [-0.3, -0.25) is 9.47 Å². The second-order valence-corrected chi connectivity index (χ2v) is 10.9. The number of amides is 1. The summed E-state index contributed by atoms with van der Waals surface area (Å²) in [5.74, 6) is -0.0719. The van der Waals surface area contributed by atoms with Crippen molar-refractivity contribution in [2.24, 2.45) is 5.92 Å². The highest BCUT2D eigenvalue weighted by molar-refractivity contribution is 5.94. The van der Waals surface area contributed by atoms with E-state index in [4.69, 9.17) is 4.42 Å². The normalized spacial score (nSPS) is 20.0. The Hall–Kier alpha value is -4.43. The molecule has 41 heavy (non-hydrogen) atoms. The van der Waals surface area contributed by atoms with Crippen molar-refractivity contribution in [3.63, 3.8) is 0 Å². The molecule has 0 aliphatic carbocycles. The van der Waals surface area contributed by atoms with Crippen LogP contribution in [0.4, 0.5) is 10.5 Å². The van der Waals surface area contributed by atoms with Crippen LogP contribution >= 0.6 is 0 Å². The fourth-order valence-corrected chi connectivity index (χ4v) is 6.33. The Labute approximate surface area is 238 Å². The number of aromatic nitrogens is 1. The molecule has 1 N–H and O–H groups in total. The minimum Gasteiger partial charge on any atom is -0.465 e. The summed E-state index contributed by atoms with van der Waals surface area (Å²) >= 11 is 0. The average Bonchev–Trinajstić information content (AvgIpc) is 3.30. The molecule has 1 aromatic heterocycles. The number of hydrogen-bond donors (Lipinski definition) is 1. The van der Waals surface area contributed by atoms with E-state index in [-0.39, 0.29) is 12.5 Å². The maximum absolute atomic E-state index is 12.8. The number of fused-ring (bicyclic) bond motifs is 4. The number of aryl methyl sites for hydroxylation is 1. The number of carbonyl (C=O) groups excluding carboxylic acids is 1. The van der Waals surface area contributed by atoms with Crippen molar-refractivity contribution < 1.29 is 19.1 Å². The lowest BCUT2D eigenvalue weighted by Crippen LogP contribution is -2.59. The summed E-state index contributed by atoms with van der Waals surface area (Å²) in [4.78, 5) is 40.1. The van der Waals surface area contributed by atoms with E-state index in [2.05, 4.69) is 4.90 Å². The number of benzene rings is 3. The van der Waals surface area contributed by atoms with E-state index < -0.39 is 11.8 Å². The van der Waals surface area contributed by atoms with Crippen molar-refractivity contribution >= 4 is 35.2 Å². The summed E-state index contributed by atoms with van der Waals surface area (Å²) in [6.07, 6.45) is 6.78. The zero-order valence-electron chi connectivity index (χ0n) is 22.8. The number of oxazole rings is 1. The number of piperidine rings is 3. The van der Waals surface area contributed by atoms with Gasteiger partial charge in [-0.1, -0.05) is 60.7 Å². The summed E-state index contributed by atoms with van der Waals surface area (Å²) in [6, 6.07) is 21.2. The molecule has 4 aromatic rings. The zero-order valence-corrected chi connectivity index (χ0v) is 22.8. The van der Waals surface area contributed by atoms with E-state index in [9.17, 15) is 19.5 Å². The number of allylic oxidation sites excluding steroid dienone is 1. The van der Waals surface area contributed by atoms with Crippen molar-refractivity contribution in [1.82, 2.24) is 9.47 Å². The van der Waals surface area contributed by atoms with Crippen molar-refractivity contribution in [3.8, 4) is 11.1 Å². The van der Waals surface area contributed by atoms with E-state index in [0.717, 1.165) is 61.0 Å². The van der Waals surface area contributed by atoms with Crippen LogP contribution in [0.2, 0.25) is 0 Å². The molecule has 0 radical (unpaired) electrons. The Morgan fingerprint density at radius 2 is 1.85 bits per heavy atom. The fraction of sp³-hybridized carbons (Fsp3) is 0.303. The van der Waals surface area contributed by atoms with E-state index in [1.54, 1.807) is 15.5 Å². The van der Waals surface area contributed by atoms with E-state index in [1.807, 2.05) is 72.8 Å². The Morgan fingerprint density at radius 3 is 2.56 bits per heavy atom. The first-order chi connectivity index (χ1) is 20.0. The zero-order chi connectivity index (χ0) is 28.3. The van der Waals surface area contributed by atoms with Gasteiger partial charge in [0, 0.05) is 25.1 Å². The topological polar surface area (TPSA) is 96.0 Å². The number of rotatable bonds is 9. The van der Waals surface area contributed by atoms with Crippen LogP contribution in [0.3, 0.4) is 0 Å². The minimum atomic E-state index is -0.926. The molecule has 210 valence electrons. The largest absolute Gasteiger partial charge is 0.465 e. The molecule has 1 amide bonds. The number of anilines is 1. The number of carbonyl (C=O) groups is 2. The van der Waals surface area contributed by atoms with Crippen molar-refractivity contribution in [1.29, 1.82) is 0 Å². The first kappa shape index (κ1) is 26.8. The smallest absolute Gasteiger partial charge is 0.419 e. The minimum absolute atomic E-state index is 0.0787. The first-order valence-corrected chi connectivity index (χ1v) is 14.2. The van der Waals surface area contributed by atoms with Gasteiger partial charge in [0.15, 0.2) is 5.58 Å². The van der Waals surface area contributed by atoms with Gasteiger partial charge in [-0.15, -0.1) is 0 Å². The number of carboxylic acid groups (broad SMARTS) is 1. The molecule has 0 unspecified atom stereocenters. The highest BCUT2D eigenvalue weighted by Gasteiger charge is 2.40. The molecule has 4 heterocycles. The summed E-state index contributed by atoms with van der Waals surface area (Å²) < 4.78 is 6.99. The van der Waals surface area contributed by atoms with Crippen LogP contribution in [0.25, 0.3) is 28.3 Å². The van der Waals surface area contributed by atoms with E-state index >= 15 is 0 Å². The molecule has 8 heteroatoms. The Balaban J connectivity index is 1.27. The molecule has 0 spiro atoms. The van der Waals surface area contributed by atoms with Crippen LogP contribution in [-0.4, -0.2) is 52.6 Å². The van der Waals surface area contributed by atoms with Gasteiger partial charge in [-0.2, -0.15) is 0 Å². The van der Waals surface area contributed by atoms with Crippen LogP contribution in [0.15, 0.2) is 82.0 Å². The van der Waals surface area contributed by atoms with Crippen LogP contribution < -0.4 is 10.7 Å². The molecule has 3 saturated heterocycles. The third-order valence-electron chi connectivity index (χ3n) is 8.41. The summed E-state index contributed by atoms with van der Waals surface area (Å²) in [7, 11) is 0. The van der Waals surface area contributed by atoms with Gasteiger partial charge in [0.2, 0.25) is 0 Å². The third kappa shape index (κ3) is 5.47. The summed E-state index contributed by atoms with van der Waals surface area (Å²) in [5.41, 5.74) is 5.45.